The molecule has 0 aliphatic heterocycles. The first kappa shape index (κ1) is 14.5. The van der Waals surface area contributed by atoms with E-state index in [1.165, 1.54) is 0 Å². The molecule has 110 valence electrons. The first-order valence-electron chi connectivity index (χ1n) is 6.67. The lowest BCUT2D eigenvalue weighted by Crippen LogP contribution is -1.85. The van der Waals surface area contributed by atoms with E-state index >= 15 is 0 Å². The number of hydrogen-bond acceptors (Lipinski definition) is 4. The fraction of sp³-hybridized carbons (Fsp3) is 0.0588. The number of methoxy groups -OCH3 is 1. The molecule has 0 bridgehead atoms. The minimum Gasteiger partial charge on any atom is -0.496 e. The van der Waals surface area contributed by atoms with Crippen LogP contribution in [0.2, 0.25) is 0 Å². The summed E-state index contributed by atoms with van der Waals surface area (Å²) in [5, 5.41) is 8.10. The third-order valence-corrected chi connectivity index (χ3v) is 3.55. The minimum absolute atomic E-state index is 0.445. The van der Waals surface area contributed by atoms with Gasteiger partial charge in [-0.25, -0.2) is 0 Å². The predicted molar refractivity (Wildman–Crippen MR) is 89.4 cm³/mol. The molecule has 3 aromatic rings. The van der Waals surface area contributed by atoms with Crippen LogP contribution in [0.4, 0.5) is 0 Å². The van der Waals surface area contributed by atoms with Crippen LogP contribution in [0.15, 0.2) is 57.4 Å². The van der Waals surface area contributed by atoms with Gasteiger partial charge in [0.05, 0.1) is 7.11 Å². The van der Waals surface area contributed by atoms with Crippen molar-refractivity contribution in [2.75, 3.05) is 7.11 Å². The molecule has 0 saturated heterocycles. The maximum Gasteiger partial charge on any atom is 0.248 e. The van der Waals surface area contributed by atoms with Gasteiger partial charge in [-0.05, 0) is 30.3 Å². The van der Waals surface area contributed by atoms with E-state index in [9.17, 15) is 0 Å². The highest BCUT2D eigenvalue weighted by atomic mass is 79.9. The quantitative estimate of drug-likeness (QED) is 0.680. The second-order valence-electron chi connectivity index (χ2n) is 4.53. The molecule has 0 unspecified atom stereocenters. The third kappa shape index (κ3) is 3.26. The topological polar surface area (TPSA) is 48.2 Å². The molecule has 0 radical (unpaired) electrons. The van der Waals surface area contributed by atoms with Crippen LogP contribution in [0.5, 0.6) is 5.75 Å². The third-order valence-electron chi connectivity index (χ3n) is 3.06. The lowest BCUT2D eigenvalue weighted by atomic mass is 10.2. The Bertz CT molecular complexity index is 812. The van der Waals surface area contributed by atoms with Crippen LogP contribution in [0.25, 0.3) is 23.6 Å². The molecule has 2 aromatic carbocycles. The summed E-state index contributed by atoms with van der Waals surface area (Å²) in [7, 11) is 1.64. The van der Waals surface area contributed by atoms with E-state index in [4.69, 9.17) is 9.15 Å². The largest absolute Gasteiger partial charge is 0.496 e. The maximum absolute atomic E-state index is 5.65. The zero-order valence-corrected chi connectivity index (χ0v) is 13.4. The van der Waals surface area contributed by atoms with Gasteiger partial charge in [0, 0.05) is 21.7 Å². The van der Waals surface area contributed by atoms with Gasteiger partial charge in [0.2, 0.25) is 11.8 Å². The van der Waals surface area contributed by atoms with Crippen LogP contribution >= 0.6 is 15.9 Å². The summed E-state index contributed by atoms with van der Waals surface area (Å²) in [5.74, 6) is 1.73. The van der Waals surface area contributed by atoms with Crippen molar-refractivity contribution in [3.8, 4) is 17.2 Å². The highest BCUT2D eigenvalue weighted by Gasteiger charge is 2.07. The van der Waals surface area contributed by atoms with E-state index in [1.54, 1.807) is 13.2 Å². The molecular formula is C17H13BrN2O2. The Hall–Kier alpha value is -2.40. The van der Waals surface area contributed by atoms with Crippen molar-refractivity contribution in [2.45, 2.75) is 0 Å². The van der Waals surface area contributed by atoms with Crippen LogP contribution < -0.4 is 4.74 Å². The monoisotopic (exact) mass is 356 g/mol. The second kappa shape index (κ2) is 6.58. The highest BCUT2D eigenvalue weighted by Crippen LogP contribution is 2.23. The average molecular weight is 357 g/mol. The Kier molecular flexibility index (Phi) is 4.34. The van der Waals surface area contributed by atoms with Crippen LogP contribution in [0.3, 0.4) is 0 Å². The standard InChI is InChI=1S/C17H13BrN2O2/c1-21-15-8-3-2-5-12(15)9-10-16-19-20-17(22-16)13-6-4-7-14(18)11-13/h2-11H,1H3/b10-9+. The van der Waals surface area contributed by atoms with E-state index in [0.29, 0.717) is 11.8 Å². The molecule has 0 atom stereocenters. The van der Waals surface area contributed by atoms with Gasteiger partial charge < -0.3 is 9.15 Å². The average Bonchev–Trinajstić information content (AvgIpc) is 3.02. The van der Waals surface area contributed by atoms with Gasteiger partial charge in [0.1, 0.15) is 5.75 Å². The van der Waals surface area contributed by atoms with E-state index in [0.717, 1.165) is 21.3 Å². The molecule has 0 N–H and O–H groups in total. The van der Waals surface area contributed by atoms with Gasteiger partial charge in [0.15, 0.2) is 0 Å². The molecule has 3 rings (SSSR count). The molecule has 1 heterocycles. The number of hydrogen-bond donors (Lipinski definition) is 0. The fourth-order valence-corrected chi connectivity index (χ4v) is 2.40. The molecule has 0 aliphatic carbocycles. The van der Waals surface area contributed by atoms with E-state index in [1.807, 2.05) is 54.6 Å². The molecule has 0 fully saturated rings. The molecule has 22 heavy (non-hydrogen) atoms. The minimum atomic E-state index is 0.445. The Labute approximate surface area is 136 Å². The molecule has 4 nitrogen and oxygen atoms in total. The van der Waals surface area contributed by atoms with Crippen molar-refractivity contribution < 1.29 is 9.15 Å². The number of benzene rings is 2. The van der Waals surface area contributed by atoms with Crippen LogP contribution in [-0.4, -0.2) is 17.3 Å². The predicted octanol–water partition coefficient (Wildman–Crippen LogP) is 4.68. The lowest BCUT2D eigenvalue weighted by molar-refractivity contribution is 0.414. The van der Waals surface area contributed by atoms with Crippen molar-refractivity contribution in [3.05, 3.63) is 64.5 Å². The second-order valence-corrected chi connectivity index (χ2v) is 5.45. The number of para-hydroxylation sites is 1. The lowest BCUT2D eigenvalue weighted by Gasteiger charge is -2.02. The number of nitrogens with zero attached hydrogens (tertiary/aromatic N) is 2. The summed E-state index contributed by atoms with van der Waals surface area (Å²) >= 11 is 3.43. The van der Waals surface area contributed by atoms with Crippen molar-refractivity contribution in [2.24, 2.45) is 0 Å². The number of ether oxygens (including phenoxy) is 1. The van der Waals surface area contributed by atoms with Gasteiger partial charge in [0.25, 0.3) is 0 Å². The van der Waals surface area contributed by atoms with Crippen LogP contribution in [-0.2, 0) is 0 Å². The fourth-order valence-electron chi connectivity index (χ4n) is 2.01. The van der Waals surface area contributed by atoms with E-state index < -0.39 is 0 Å². The first-order chi connectivity index (χ1) is 10.8. The van der Waals surface area contributed by atoms with E-state index in [-0.39, 0.29) is 0 Å². The van der Waals surface area contributed by atoms with Gasteiger partial charge in [-0.3, -0.25) is 0 Å². The molecule has 0 spiro atoms. The zero-order valence-electron chi connectivity index (χ0n) is 11.9. The van der Waals surface area contributed by atoms with Crippen molar-refractivity contribution >= 4 is 28.1 Å². The summed E-state index contributed by atoms with van der Waals surface area (Å²) in [6.07, 6.45) is 3.66. The summed E-state index contributed by atoms with van der Waals surface area (Å²) in [4.78, 5) is 0. The molecular weight excluding hydrogens is 344 g/mol. The number of rotatable bonds is 4. The normalized spacial score (nSPS) is 11.0. The van der Waals surface area contributed by atoms with Crippen molar-refractivity contribution in [1.82, 2.24) is 10.2 Å². The summed E-state index contributed by atoms with van der Waals surface area (Å²) in [6, 6.07) is 15.5. The summed E-state index contributed by atoms with van der Waals surface area (Å²) < 4.78 is 11.9. The summed E-state index contributed by atoms with van der Waals surface area (Å²) in [5.41, 5.74) is 1.83. The number of halogens is 1. The molecule has 5 heteroatoms. The Morgan fingerprint density at radius 1 is 1.05 bits per heavy atom. The Morgan fingerprint density at radius 2 is 1.91 bits per heavy atom. The SMILES string of the molecule is COc1ccccc1/C=C/c1nnc(-c2cccc(Br)c2)o1. The smallest absolute Gasteiger partial charge is 0.248 e. The van der Waals surface area contributed by atoms with Crippen LogP contribution in [0.1, 0.15) is 11.5 Å². The van der Waals surface area contributed by atoms with Gasteiger partial charge >= 0.3 is 0 Å². The van der Waals surface area contributed by atoms with E-state index in [2.05, 4.69) is 26.1 Å². The van der Waals surface area contributed by atoms with Crippen molar-refractivity contribution in [3.63, 3.8) is 0 Å². The van der Waals surface area contributed by atoms with Crippen molar-refractivity contribution in [1.29, 1.82) is 0 Å². The molecule has 1 aromatic heterocycles. The highest BCUT2D eigenvalue weighted by molar-refractivity contribution is 9.10. The number of aromatic nitrogens is 2. The van der Waals surface area contributed by atoms with Crippen LogP contribution in [0, 0.1) is 0 Å². The maximum atomic E-state index is 5.65. The van der Waals surface area contributed by atoms with Gasteiger partial charge in [-0.2, -0.15) is 0 Å². The molecule has 0 aliphatic rings. The molecule has 0 saturated carbocycles. The first-order valence-corrected chi connectivity index (χ1v) is 7.46. The van der Waals surface area contributed by atoms with Gasteiger partial charge in [-0.1, -0.05) is 40.2 Å². The Balaban J connectivity index is 1.84. The molecule has 0 amide bonds. The Morgan fingerprint density at radius 3 is 2.73 bits per heavy atom. The zero-order chi connectivity index (χ0) is 15.4. The summed E-state index contributed by atoms with van der Waals surface area (Å²) in [6.45, 7) is 0. The van der Waals surface area contributed by atoms with Gasteiger partial charge in [-0.15, -0.1) is 10.2 Å².